The lowest BCUT2D eigenvalue weighted by molar-refractivity contribution is 0.316. The van der Waals surface area contributed by atoms with Gasteiger partial charge < -0.3 is 0 Å². The van der Waals surface area contributed by atoms with E-state index in [1.54, 1.807) is 10.4 Å². The van der Waals surface area contributed by atoms with Crippen molar-refractivity contribution < 1.29 is 8.42 Å². The van der Waals surface area contributed by atoms with Gasteiger partial charge in [-0.3, -0.25) is 0 Å². The normalized spacial score (nSPS) is 24.4. The van der Waals surface area contributed by atoms with Crippen molar-refractivity contribution in [2.24, 2.45) is 0 Å². The van der Waals surface area contributed by atoms with Crippen molar-refractivity contribution in [3.63, 3.8) is 0 Å². The van der Waals surface area contributed by atoms with Crippen LogP contribution in [-0.2, 0) is 10.0 Å². The zero-order chi connectivity index (χ0) is 11.3. The molecule has 0 aromatic rings. The molecule has 86 valence electrons. The predicted octanol–water partition coefficient (Wildman–Crippen LogP) is 1.49. The summed E-state index contributed by atoms with van der Waals surface area (Å²) < 4.78 is 25.2. The van der Waals surface area contributed by atoms with Crippen molar-refractivity contribution in [3.8, 4) is 6.07 Å². The number of rotatable bonds is 3. The minimum Gasteiger partial charge on any atom is -0.211 e. The van der Waals surface area contributed by atoms with Crippen LogP contribution in [0.15, 0.2) is 0 Å². The molecule has 4 nitrogen and oxygen atoms in total. The standard InChI is InChI=1S/C10H18N2O2S/c1-2-10-6-4-3-5-8-12(10)15(13,14)9-7-11/h10H,2-6,8-9H2,1H3. The van der Waals surface area contributed by atoms with Crippen LogP contribution in [0.25, 0.3) is 0 Å². The lowest BCUT2D eigenvalue weighted by Crippen LogP contribution is -2.40. The Morgan fingerprint density at radius 1 is 1.40 bits per heavy atom. The summed E-state index contributed by atoms with van der Waals surface area (Å²) in [6, 6.07) is 1.84. The molecule has 0 bridgehead atoms. The van der Waals surface area contributed by atoms with Crippen LogP contribution in [0.1, 0.15) is 39.0 Å². The van der Waals surface area contributed by atoms with Crippen molar-refractivity contribution >= 4 is 10.0 Å². The third kappa shape index (κ3) is 3.18. The first kappa shape index (κ1) is 12.5. The molecule has 15 heavy (non-hydrogen) atoms. The molecule has 0 spiro atoms. The molecule has 1 fully saturated rings. The van der Waals surface area contributed by atoms with Crippen LogP contribution in [0, 0.1) is 11.3 Å². The van der Waals surface area contributed by atoms with Crippen LogP contribution in [-0.4, -0.2) is 31.1 Å². The summed E-state index contributed by atoms with van der Waals surface area (Å²) in [5.41, 5.74) is 0. The van der Waals surface area contributed by atoms with Crippen LogP contribution in [0.4, 0.5) is 0 Å². The first-order chi connectivity index (χ1) is 7.11. The molecule has 0 aromatic carbocycles. The van der Waals surface area contributed by atoms with E-state index < -0.39 is 10.0 Å². The largest absolute Gasteiger partial charge is 0.227 e. The van der Waals surface area contributed by atoms with E-state index in [1.807, 2.05) is 6.92 Å². The summed E-state index contributed by atoms with van der Waals surface area (Å²) >= 11 is 0. The SMILES string of the molecule is CCC1CCCCCN1S(=O)(=O)CC#N. The molecular formula is C10H18N2O2S. The van der Waals surface area contributed by atoms with Gasteiger partial charge in [-0.2, -0.15) is 9.57 Å². The highest BCUT2D eigenvalue weighted by Crippen LogP contribution is 2.22. The zero-order valence-corrected chi connectivity index (χ0v) is 9.96. The molecule has 0 aliphatic carbocycles. The average molecular weight is 230 g/mol. The van der Waals surface area contributed by atoms with Crippen LogP contribution in [0.2, 0.25) is 0 Å². The number of nitrogens with zero attached hydrogens (tertiary/aromatic N) is 2. The summed E-state index contributed by atoms with van der Waals surface area (Å²) in [5.74, 6) is -0.385. The third-order valence-electron chi connectivity index (χ3n) is 2.90. The van der Waals surface area contributed by atoms with E-state index in [1.165, 1.54) is 0 Å². The predicted molar refractivity (Wildman–Crippen MR) is 58.7 cm³/mol. The van der Waals surface area contributed by atoms with Gasteiger partial charge in [-0.25, -0.2) is 8.42 Å². The summed E-state index contributed by atoms with van der Waals surface area (Å²) in [7, 11) is -3.35. The van der Waals surface area contributed by atoms with Gasteiger partial charge in [0.1, 0.15) is 0 Å². The molecule has 5 heteroatoms. The number of hydrogen-bond donors (Lipinski definition) is 0. The van der Waals surface area contributed by atoms with Gasteiger partial charge in [0.05, 0.1) is 6.07 Å². The molecule has 1 saturated heterocycles. The lowest BCUT2D eigenvalue weighted by atomic mass is 10.1. The summed E-state index contributed by atoms with van der Waals surface area (Å²) in [6.45, 7) is 2.59. The molecule has 0 radical (unpaired) electrons. The Morgan fingerprint density at radius 3 is 2.73 bits per heavy atom. The summed E-state index contributed by atoms with van der Waals surface area (Å²) in [5, 5.41) is 8.51. The molecule has 1 aliphatic heterocycles. The molecule has 1 aliphatic rings. The van der Waals surface area contributed by atoms with E-state index in [0.29, 0.717) is 6.54 Å². The minimum atomic E-state index is -3.35. The average Bonchev–Trinajstić information content (AvgIpc) is 2.42. The van der Waals surface area contributed by atoms with Crippen molar-refractivity contribution in [3.05, 3.63) is 0 Å². The molecule has 1 rings (SSSR count). The number of hydrogen-bond acceptors (Lipinski definition) is 3. The Kier molecular flexibility index (Phi) is 4.55. The molecule has 0 saturated carbocycles. The molecule has 1 heterocycles. The van der Waals surface area contributed by atoms with Crippen molar-refractivity contribution in [2.75, 3.05) is 12.3 Å². The monoisotopic (exact) mass is 230 g/mol. The van der Waals surface area contributed by atoms with Gasteiger partial charge in [0.2, 0.25) is 10.0 Å². The lowest BCUT2D eigenvalue weighted by Gasteiger charge is -2.27. The highest BCUT2D eigenvalue weighted by atomic mass is 32.2. The highest BCUT2D eigenvalue weighted by Gasteiger charge is 2.29. The van der Waals surface area contributed by atoms with E-state index in [0.717, 1.165) is 32.1 Å². The maximum absolute atomic E-state index is 11.8. The van der Waals surface area contributed by atoms with Crippen LogP contribution >= 0.6 is 0 Å². The second-order valence-corrected chi connectivity index (χ2v) is 5.86. The highest BCUT2D eigenvalue weighted by molar-refractivity contribution is 7.89. The van der Waals surface area contributed by atoms with E-state index in [9.17, 15) is 8.42 Å². The second kappa shape index (κ2) is 5.47. The fraction of sp³-hybridized carbons (Fsp3) is 0.900. The number of sulfonamides is 1. The van der Waals surface area contributed by atoms with E-state index in [4.69, 9.17) is 5.26 Å². The molecule has 1 unspecified atom stereocenters. The maximum Gasteiger partial charge on any atom is 0.227 e. The summed E-state index contributed by atoms with van der Waals surface area (Å²) in [6.07, 6.45) is 4.87. The molecule has 1 atom stereocenters. The Morgan fingerprint density at radius 2 is 2.13 bits per heavy atom. The van der Waals surface area contributed by atoms with Crippen molar-refractivity contribution in [1.82, 2.24) is 4.31 Å². The quantitative estimate of drug-likeness (QED) is 0.738. The molecule has 0 aromatic heterocycles. The fourth-order valence-electron chi connectivity index (χ4n) is 2.09. The second-order valence-electron chi connectivity index (χ2n) is 3.94. The van der Waals surface area contributed by atoms with Crippen LogP contribution in [0.3, 0.4) is 0 Å². The smallest absolute Gasteiger partial charge is 0.211 e. The van der Waals surface area contributed by atoms with Gasteiger partial charge in [0.25, 0.3) is 0 Å². The zero-order valence-electron chi connectivity index (χ0n) is 9.15. The van der Waals surface area contributed by atoms with Gasteiger partial charge in [0.15, 0.2) is 5.75 Å². The van der Waals surface area contributed by atoms with Gasteiger partial charge in [0, 0.05) is 12.6 Å². The van der Waals surface area contributed by atoms with E-state index in [-0.39, 0.29) is 11.8 Å². The summed E-state index contributed by atoms with van der Waals surface area (Å²) in [4.78, 5) is 0. The van der Waals surface area contributed by atoms with Gasteiger partial charge in [-0.05, 0) is 19.3 Å². The fourth-order valence-corrected chi connectivity index (χ4v) is 3.53. The Bertz CT molecular complexity index is 332. The van der Waals surface area contributed by atoms with E-state index >= 15 is 0 Å². The molecular weight excluding hydrogens is 212 g/mol. The minimum absolute atomic E-state index is 0.103. The maximum atomic E-state index is 11.8. The first-order valence-corrected chi connectivity index (χ1v) is 7.09. The van der Waals surface area contributed by atoms with Crippen molar-refractivity contribution in [1.29, 1.82) is 5.26 Å². The van der Waals surface area contributed by atoms with Crippen molar-refractivity contribution in [2.45, 2.75) is 45.1 Å². The Balaban J connectivity index is 2.84. The van der Waals surface area contributed by atoms with Crippen LogP contribution in [0.5, 0.6) is 0 Å². The number of nitriles is 1. The topological polar surface area (TPSA) is 61.2 Å². The van der Waals surface area contributed by atoms with E-state index in [2.05, 4.69) is 0 Å². The van der Waals surface area contributed by atoms with Gasteiger partial charge >= 0.3 is 0 Å². The van der Waals surface area contributed by atoms with Gasteiger partial charge in [-0.1, -0.05) is 19.8 Å². The van der Waals surface area contributed by atoms with Crippen LogP contribution < -0.4 is 0 Å². The Labute approximate surface area is 91.9 Å². The molecule has 0 N–H and O–H groups in total. The molecule has 0 amide bonds. The Hall–Kier alpha value is -0.600. The van der Waals surface area contributed by atoms with Gasteiger partial charge in [-0.15, -0.1) is 0 Å². The first-order valence-electron chi connectivity index (χ1n) is 5.48. The third-order valence-corrected chi connectivity index (χ3v) is 4.59.